The predicted octanol–water partition coefficient (Wildman–Crippen LogP) is 3.57. The largest absolute Gasteiger partial charge is 0.489 e. The smallest absolute Gasteiger partial charge is 0.152 e. The average Bonchev–Trinajstić information content (AvgIpc) is 2.88. The van der Waals surface area contributed by atoms with Gasteiger partial charge >= 0.3 is 0 Å². The Morgan fingerprint density at radius 3 is 2.86 bits per heavy atom. The summed E-state index contributed by atoms with van der Waals surface area (Å²) in [5, 5.41) is 8.38. The van der Waals surface area contributed by atoms with Crippen molar-refractivity contribution in [3.8, 4) is 5.75 Å². The molecule has 0 aliphatic heterocycles. The van der Waals surface area contributed by atoms with Gasteiger partial charge < -0.3 is 10.1 Å². The van der Waals surface area contributed by atoms with Crippen LogP contribution >= 0.6 is 11.6 Å². The first-order chi connectivity index (χ1) is 10.6. The van der Waals surface area contributed by atoms with E-state index in [1.54, 1.807) is 6.20 Å². The molecule has 0 aliphatic rings. The van der Waals surface area contributed by atoms with Gasteiger partial charge in [0.2, 0.25) is 0 Å². The summed E-state index contributed by atoms with van der Waals surface area (Å²) in [6, 6.07) is 9.35. The molecule has 114 valence electrons. The molecule has 1 unspecified atom stereocenters. The van der Waals surface area contributed by atoms with Gasteiger partial charge in [-0.05, 0) is 44.2 Å². The van der Waals surface area contributed by atoms with E-state index >= 15 is 0 Å². The SMILES string of the molecule is Cc1cc2c(NCC(C)Oc3ccc(Cl)cc3)nccn2n1. The molecule has 0 bridgehead atoms. The highest BCUT2D eigenvalue weighted by Crippen LogP contribution is 2.18. The van der Waals surface area contributed by atoms with Crippen molar-refractivity contribution >= 4 is 22.9 Å². The highest BCUT2D eigenvalue weighted by molar-refractivity contribution is 6.30. The second-order valence-electron chi connectivity index (χ2n) is 5.15. The van der Waals surface area contributed by atoms with Gasteiger partial charge in [-0.15, -0.1) is 0 Å². The number of rotatable bonds is 5. The molecule has 3 rings (SSSR count). The van der Waals surface area contributed by atoms with Gasteiger partial charge in [0, 0.05) is 17.4 Å². The number of fused-ring (bicyclic) bond motifs is 1. The lowest BCUT2D eigenvalue weighted by Gasteiger charge is -2.16. The first-order valence-corrected chi connectivity index (χ1v) is 7.47. The molecule has 2 aromatic heterocycles. The van der Waals surface area contributed by atoms with Crippen LogP contribution in [0.2, 0.25) is 5.02 Å². The van der Waals surface area contributed by atoms with Gasteiger partial charge in [-0.3, -0.25) is 0 Å². The van der Waals surface area contributed by atoms with E-state index < -0.39 is 0 Å². The lowest BCUT2D eigenvalue weighted by atomic mass is 10.3. The molecule has 0 radical (unpaired) electrons. The van der Waals surface area contributed by atoms with Crippen molar-refractivity contribution < 1.29 is 4.74 Å². The summed E-state index contributed by atoms with van der Waals surface area (Å²) < 4.78 is 7.65. The van der Waals surface area contributed by atoms with E-state index in [-0.39, 0.29) is 6.10 Å². The van der Waals surface area contributed by atoms with Gasteiger partial charge in [0.15, 0.2) is 5.82 Å². The maximum Gasteiger partial charge on any atom is 0.152 e. The lowest BCUT2D eigenvalue weighted by molar-refractivity contribution is 0.234. The first kappa shape index (κ1) is 14.7. The van der Waals surface area contributed by atoms with Crippen LogP contribution in [0.4, 0.5) is 5.82 Å². The fraction of sp³-hybridized carbons (Fsp3) is 0.250. The van der Waals surface area contributed by atoms with Crippen molar-refractivity contribution in [1.82, 2.24) is 14.6 Å². The second-order valence-corrected chi connectivity index (χ2v) is 5.59. The molecule has 0 fully saturated rings. The topological polar surface area (TPSA) is 51.5 Å². The Bertz CT molecular complexity index is 769. The zero-order valence-corrected chi connectivity index (χ0v) is 13.2. The Balaban J connectivity index is 1.64. The molecule has 1 atom stereocenters. The van der Waals surface area contributed by atoms with Gasteiger partial charge in [0.25, 0.3) is 0 Å². The maximum absolute atomic E-state index is 5.86. The summed E-state index contributed by atoms with van der Waals surface area (Å²) in [4.78, 5) is 4.37. The molecule has 3 aromatic rings. The highest BCUT2D eigenvalue weighted by atomic mass is 35.5. The number of hydrogen-bond donors (Lipinski definition) is 1. The Labute approximate surface area is 133 Å². The monoisotopic (exact) mass is 316 g/mol. The summed E-state index contributed by atoms with van der Waals surface area (Å²) in [5.41, 5.74) is 1.92. The first-order valence-electron chi connectivity index (χ1n) is 7.09. The van der Waals surface area contributed by atoms with Crippen molar-refractivity contribution in [3.05, 3.63) is 53.4 Å². The van der Waals surface area contributed by atoms with E-state index in [1.165, 1.54) is 0 Å². The van der Waals surface area contributed by atoms with Crippen LogP contribution in [0.15, 0.2) is 42.7 Å². The summed E-state index contributed by atoms with van der Waals surface area (Å²) in [7, 11) is 0. The van der Waals surface area contributed by atoms with Crippen LogP contribution in [-0.4, -0.2) is 27.2 Å². The van der Waals surface area contributed by atoms with Gasteiger partial charge in [-0.1, -0.05) is 11.6 Å². The molecule has 6 heteroatoms. The van der Waals surface area contributed by atoms with E-state index in [4.69, 9.17) is 16.3 Å². The van der Waals surface area contributed by atoms with E-state index in [0.717, 1.165) is 22.8 Å². The molecule has 1 N–H and O–H groups in total. The number of nitrogens with zero attached hydrogens (tertiary/aromatic N) is 3. The third kappa shape index (κ3) is 3.31. The number of anilines is 1. The Morgan fingerprint density at radius 1 is 1.32 bits per heavy atom. The number of aromatic nitrogens is 3. The van der Waals surface area contributed by atoms with Crippen LogP contribution in [0, 0.1) is 6.92 Å². The minimum absolute atomic E-state index is 0.00718. The van der Waals surface area contributed by atoms with Gasteiger partial charge in [-0.2, -0.15) is 5.10 Å². The van der Waals surface area contributed by atoms with Gasteiger partial charge in [0.1, 0.15) is 17.4 Å². The molecule has 5 nitrogen and oxygen atoms in total. The van der Waals surface area contributed by atoms with Gasteiger partial charge in [-0.25, -0.2) is 9.50 Å². The molecule has 0 amide bonds. The number of hydrogen-bond acceptors (Lipinski definition) is 4. The molecular formula is C16H17ClN4O. The third-order valence-corrected chi connectivity index (χ3v) is 3.47. The zero-order valence-electron chi connectivity index (χ0n) is 12.5. The minimum Gasteiger partial charge on any atom is -0.489 e. The summed E-state index contributed by atoms with van der Waals surface area (Å²) in [6.07, 6.45) is 3.56. The van der Waals surface area contributed by atoms with E-state index in [2.05, 4.69) is 15.4 Å². The molecule has 0 spiro atoms. The molecular weight excluding hydrogens is 300 g/mol. The number of benzene rings is 1. The van der Waals surface area contributed by atoms with Crippen LogP contribution < -0.4 is 10.1 Å². The van der Waals surface area contributed by atoms with Crippen LogP contribution in [0.1, 0.15) is 12.6 Å². The number of ether oxygens (including phenoxy) is 1. The van der Waals surface area contributed by atoms with Crippen LogP contribution in [0.25, 0.3) is 5.52 Å². The fourth-order valence-electron chi connectivity index (χ4n) is 2.21. The normalized spacial score (nSPS) is 12.3. The van der Waals surface area contributed by atoms with Crippen LogP contribution in [0.3, 0.4) is 0 Å². The molecule has 1 aromatic carbocycles. The Morgan fingerprint density at radius 2 is 2.09 bits per heavy atom. The van der Waals surface area contributed by atoms with Crippen LogP contribution in [-0.2, 0) is 0 Å². The molecule has 0 saturated carbocycles. The molecule has 0 aliphatic carbocycles. The summed E-state index contributed by atoms with van der Waals surface area (Å²) in [6.45, 7) is 4.60. The van der Waals surface area contributed by atoms with Crippen molar-refractivity contribution in [2.24, 2.45) is 0 Å². The number of halogens is 1. The Hall–Kier alpha value is -2.27. The standard InChI is InChI=1S/C16H17ClN4O/c1-11-9-15-16(18-7-8-21(15)20-11)19-10-12(2)22-14-5-3-13(17)4-6-14/h3-9,12H,10H2,1-2H3,(H,18,19). The molecule has 22 heavy (non-hydrogen) atoms. The average molecular weight is 317 g/mol. The number of nitrogens with one attached hydrogen (secondary N) is 1. The number of aryl methyl sites for hydroxylation is 1. The quantitative estimate of drug-likeness (QED) is 0.782. The third-order valence-electron chi connectivity index (χ3n) is 3.22. The van der Waals surface area contributed by atoms with E-state index in [0.29, 0.717) is 11.6 Å². The maximum atomic E-state index is 5.86. The molecule has 2 heterocycles. The highest BCUT2D eigenvalue weighted by Gasteiger charge is 2.08. The van der Waals surface area contributed by atoms with Crippen molar-refractivity contribution in [2.75, 3.05) is 11.9 Å². The van der Waals surface area contributed by atoms with Crippen molar-refractivity contribution in [2.45, 2.75) is 20.0 Å². The minimum atomic E-state index is -0.00718. The van der Waals surface area contributed by atoms with Gasteiger partial charge in [0.05, 0.1) is 12.2 Å². The Kier molecular flexibility index (Phi) is 4.15. The lowest BCUT2D eigenvalue weighted by Crippen LogP contribution is -2.23. The van der Waals surface area contributed by atoms with Crippen molar-refractivity contribution in [1.29, 1.82) is 0 Å². The zero-order chi connectivity index (χ0) is 15.5. The summed E-state index contributed by atoms with van der Waals surface area (Å²) >= 11 is 5.86. The fourth-order valence-corrected chi connectivity index (χ4v) is 2.33. The van der Waals surface area contributed by atoms with E-state index in [1.807, 2.05) is 54.9 Å². The predicted molar refractivity (Wildman–Crippen MR) is 87.8 cm³/mol. The summed E-state index contributed by atoms with van der Waals surface area (Å²) in [5.74, 6) is 1.60. The van der Waals surface area contributed by atoms with Crippen LogP contribution in [0.5, 0.6) is 5.75 Å². The van der Waals surface area contributed by atoms with E-state index in [9.17, 15) is 0 Å². The van der Waals surface area contributed by atoms with Crippen molar-refractivity contribution in [3.63, 3.8) is 0 Å². The second kappa shape index (κ2) is 6.23. The molecule has 0 saturated heterocycles.